The molecule has 7 heteroatoms. The number of carbonyl (C=O) groups is 1. The van der Waals surface area contributed by atoms with Crippen molar-refractivity contribution in [1.29, 1.82) is 0 Å². The fourth-order valence-corrected chi connectivity index (χ4v) is 1.68. The Hall–Kier alpha value is -1.60. The van der Waals surface area contributed by atoms with Gasteiger partial charge in [-0.1, -0.05) is 0 Å². The first kappa shape index (κ1) is 14.5. The number of hydrogen-bond acceptors (Lipinski definition) is 5. The van der Waals surface area contributed by atoms with Crippen LogP contribution in [-0.2, 0) is 11.3 Å². The Morgan fingerprint density at radius 3 is 3.00 bits per heavy atom. The van der Waals surface area contributed by atoms with E-state index in [9.17, 15) is 9.90 Å². The minimum Gasteiger partial charge on any atom is -0.396 e. The lowest BCUT2D eigenvalue weighted by Gasteiger charge is -2.19. The van der Waals surface area contributed by atoms with Crippen molar-refractivity contribution in [3.63, 3.8) is 0 Å². The molecule has 1 atom stereocenters. The highest BCUT2D eigenvalue weighted by atomic mass is 16.3. The molecule has 1 unspecified atom stereocenters. The Balaban J connectivity index is 2.30. The smallest absolute Gasteiger partial charge is 0.234 e. The predicted octanol–water partition coefficient (Wildman–Crippen LogP) is -1.11. The number of nitrogens with zero attached hydrogens (tertiary/aromatic N) is 3. The van der Waals surface area contributed by atoms with Crippen LogP contribution in [0.4, 0.5) is 5.69 Å². The molecule has 7 nitrogen and oxygen atoms in total. The van der Waals surface area contributed by atoms with Crippen LogP contribution in [0.5, 0.6) is 0 Å². The number of nitrogen functional groups attached to an aromatic ring is 1. The normalized spacial score (nSPS) is 12.7. The van der Waals surface area contributed by atoms with Crippen molar-refractivity contribution in [3.8, 4) is 0 Å². The third-order valence-electron chi connectivity index (χ3n) is 2.36. The van der Waals surface area contributed by atoms with Gasteiger partial charge in [-0.05, 0) is 14.0 Å². The summed E-state index contributed by atoms with van der Waals surface area (Å²) in [5.74, 6) is -0.0458. The van der Waals surface area contributed by atoms with Gasteiger partial charge in [0.15, 0.2) is 0 Å². The van der Waals surface area contributed by atoms with E-state index in [1.165, 1.54) is 6.20 Å². The van der Waals surface area contributed by atoms with Crippen LogP contribution in [0.25, 0.3) is 0 Å². The zero-order valence-corrected chi connectivity index (χ0v) is 10.8. The summed E-state index contributed by atoms with van der Waals surface area (Å²) in [7, 11) is 1.79. The lowest BCUT2D eigenvalue weighted by atomic mass is 10.3. The molecule has 1 heterocycles. The van der Waals surface area contributed by atoms with Crippen LogP contribution >= 0.6 is 0 Å². The second-order valence-corrected chi connectivity index (χ2v) is 4.30. The maximum Gasteiger partial charge on any atom is 0.234 e. The van der Waals surface area contributed by atoms with Crippen LogP contribution in [0.3, 0.4) is 0 Å². The van der Waals surface area contributed by atoms with Gasteiger partial charge in [-0.2, -0.15) is 5.10 Å². The van der Waals surface area contributed by atoms with Crippen molar-refractivity contribution in [2.24, 2.45) is 0 Å². The van der Waals surface area contributed by atoms with E-state index in [4.69, 9.17) is 5.73 Å². The first-order chi connectivity index (χ1) is 8.51. The number of aromatic nitrogens is 2. The van der Waals surface area contributed by atoms with E-state index in [0.717, 1.165) is 0 Å². The largest absolute Gasteiger partial charge is 0.396 e. The summed E-state index contributed by atoms with van der Waals surface area (Å²) < 4.78 is 1.58. The Kier molecular flexibility index (Phi) is 5.60. The van der Waals surface area contributed by atoms with E-state index in [-0.39, 0.29) is 12.5 Å². The highest BCUT2D eigenvalue weighted by Crippen LogP contribution is 2.00. The number of rotatable bonds is 7. The third kappa shape index (κ3) is 5.15. The number of aliphatic hydroxyl groups is 1. The molecule has 18 heavy (non-hydrogen) atoms. The van der Waals surface area contributed by atoms with Gasteiger partial charge in [-0.25, -0.2) is 0 Å². The van der Waals surface area contributed by atoms with Crippen molar-refractivity contribution < 1.29 is 9.90 Å². The molecule has 0 fully saturated rings. The quantitative estimate of drug-likeness (QED) is 0.574. The average Bonchev–Trinajstić information content (AvgIpc) is 2.63. The molecule has 0 aliphatic rings. The van der Waals surface area contributed by atoms with E-state index < -0.39 is 6.10 Å². The van der Waals surface area contributed by atoms with Gasteiger partial charge in [0.25, 0.3) is 0 Å². The van der Waals surface area contributed by atoms with Crippen LogP contribution < -0.4 is 11.1 Å². The second kappa shape index (κ2) is 6.97. The zero-order valence-electron chi connectivity index (χ0n) is 10.8. The van der Waals surface area contributed by atoms with Gasteiger partial charge in [0.1, 0.15) is 0 Å². The van der Waals surface area contributed by atoms with Gasteiger partial charge in [-0.15, -0.1) is 0 Å². The van der Waals surface area contributed by atoms with Gasteiger partial charge in [0.2, 0.25) is 5.91 Å². The van der Waals surface area contributed by atoms with Crippen molar-refractivity contribution >= 4 is 11.6 Å². The summed E-state index contributed by atoms with van der Waals surface area (Å²) in [5.41, 5.74) is 6.09. The summed E-state index contributed by atoms with van der Waals surface area (Å²) in [6.07, 6.45) is 2.60. The lowest BCUT2D eigenvalue weighted by Crippen LogP contribution is -2.39. The molecule has 0 radical (unpaired) electrons. The van der Waals surface area contributed by atoms with E-state index in [2.05, 4.69) is 10.4 Å². The summed E-state index contributed by atoms with van der Waals surface area (Å²) in [5, 5.41) is 16.5. The van der Waals surface area contributed by atoms with Crippen LogP contribution in [0.15, 0.2) is 12.4 Å². The number of amides is 1. The molecule has 0 saturated carbocycles. The molecular weight excluding hydrogens is 234 g/mol. The standard InChI is InChI=1S/C11H21N5O2/c1-3-13-11(18)8-15(2)6-10(17)7-16-5-9(12)4-14-16/h4-5,10,17H,3,6-8,12H2,1-2H3,(H,13,18). The first-order valence-corrected chi connectivity index (χ1v) is 5.92. The highest BCUT2D eigenvalue weighted by Gasteiger charge is 2.12. The summed E-state index contributed by atoms with van der Waals surface area (Å²) in [6, 6.07) is 0. The zero-order chi connectivity index (χ0) is 13.5. The lowest BCUT2D eigenvalue weighted by molar-refractivity contribution is -0.122. The highest BCUT2D eigenvalue weighted by molar-refractivity contribution is 5.77. The molecule has 0 aromatic carbocycles. The van der Waals surface area contributed by atoms with Gasteiger partial charge in [-0.3, -0.25) is 14.4 Å². The summed E-state index contributed by atoms with van der Waals surface area (Å²) >= 11 is 0. The fraction of sp³-hybridized carbons (Fsp3) is 0.636. The Bertz CT molecular complexity index is 379. The first-order valence-electron chi connectivity index (χ1n) is 5.92. The molecule has 4 N–H and O–H groups in total. The number of anilines is 1. The Morgan fingerprint density at radius 2 is 2.44 bits per heavy atom. The van der Waals surface area contributed by atoms with E-state index in [1.54, 1.807) is 22.8 Å². The van der Waals surface area contributed by atoms with Crippen LogP contribution in [-0.4, -0.2) is 58.5 Å². The van der Waals surface area contributed by atoms with Crippen LogP contribution in [0.2, 0.25) is 0 Å². The number of carbonyl (C=O) groups excluding carboxylic acids is 1. The maximum absolute atomic E-state index is 11.3. The number of hydrogen-bond donors (Lipinski definition) is 3. The summed E-state index contributed by atoms with van der Waals surface area (Å²) in [6.45, 7) is 3.51. The van der Waals surface area contributed by atoms with Gasteiger partial charge < -0.3 is 16.2 Å². The molecule has 1 aromatic heterocycles. The van der Waals surface area contributed by atoms with Gasteiger partial charge in [0, 0.05) is 19.3 Å². The Morgan fingerprint density at radius 1 is 1.72 bits per heavy atom. The van der Waals surface area contributed by atoms with Crippen LogP contribution in [0.1, 0.15) is 6.92 Å². The van der Waals surface area contributed by atoms with Crippen molar-refractivity contribution in [1.82, 2.24) is 20.0 Å². The van der Waals surface area contributed by atoms with Crippen molar-refractivity contribution in [2.45, 2.75) is 19.6 Å². The molecule has 102 valence electrons. The van der Waals surface area contributed by atoms with E-state index in [0.29, 0.717) is 25.3 Å². The van der Waals surface area contributed by atoms with Gasteiger partial charge in [0.05, 0.1) is 31.1 Å². The van der Waals surface area contributed by atoms with Crippen LogP contribution in [0, 0.1) is 0 Å². The third-order valence-corrected chi connectivity index (χ3v) is 2.36. The number of nitrogens with one attached hydrogen (secondary N) is 1. The molecule has 1 amide bonds. The molecule has 0 bridgehead atoms. The molecule has 0 aliphatic carbocycles. The monoisotopic (exact) mass is 255 g/mol. The second-order valence-electron chi connectivity index (χ2n) is 4.30. The number of nitrogens with two attached hydrogens (primary N) is 1. The molecule has 0 saturated heterocycles. The summed E-state index contributed by atoms with van der Waals surface area (Å²) in [4.78, 5) is 13.1. The van der Waals surface area contributed by atoms with Crippen molar-refractivity contribution in [3.05, 3.63) is 12.4 Å². The van der Waals surface area contributed by atoms with Gasteiger partial charge >= 0.3 is 0 Å². The number of aliphatic hydroxyl groups excluding tert-OH is 1. The molecular formula is C11H21N5O2. The maximum atomic E-state index is 11.3. The minimum absolute atomic E-state index is 0.0458. The fourth-order valence-electron chi connectivity index (χ4n) is 1.68. The topological polar surface area (TPSA) is 96.4 Å². The molecule has 0 spiro atoms. The Labute approximate surface area is 107 Å². The predicted molar refractivity (Wildman–Crippen MR) is 68.8 cm³/mol. The molecule has 0 aliphatic heterocycles. The number of likely N-dealkylation sites (N-methyl/N-ethyl adjacent to an activating group) is 2. The minimum atomic E-state index is -0.594. The van der Waals surface area contributed by atoms with E-state index >= 15 is 0 Å². The van der Waals surface area contributed by atoms with Crippen molar-refractivity contribution in [2.75, 3.05) is 32.4 Å². The molecule has 1 rings (SSSR count). The van der Waals surface area contributed by atoms with E-state index in [1.807, 2.05) is 6.92 Å². The molecule has 1 aromatic rings. The SMILES string of the molecule is CCNC(=O)CN(C)CC(O)Cn1cc(N)cn1. The average molecular weight is 255 g/mol.